The molecule has 3 aromatic rings. The molecule has 2 aliphatic heterocycles. The van der Waals surface area contributed by atoms with Gasteiger partial charge in [-0.3, -0.25) is 4.90 Å². The zero-order valence-corrected chi connectivity index (χ0v) is 19.0. The molecule has 174 valence electrons. The van der Waals surface area contributed by atoms with Crippen LogP contribution in [0, 0.1) is 0 Å². The maximum Gasteiger partial charge on any atom is 0.338 e. The molecule has 0 fully saturated rings. The summed E-state index contributed by atoms with van der Waals surface area (Å²) in [6.07, 6.45) is 1.53. The number of carbonyl (C=O) groups is 2. The van der Waals surface area contributed by atoms with Gasteiger partial charge < -0.3 is 19.8 Å². The van der Waals surface area contributed by atoms with E-state index >= 15 is 0 Å². The Kier molecular flexibility index (Phi) is 6.18. The molecule has 2 atom stereocenters. The highest BCUT2D eigenvalue weighted by atomic mass is 16.5. The molecule has 7 nitrogen and oxygen atoms in total. The second kappa shape index (κ2) is 9.57. The van der Waals surface area contributed by atoms with E-state index < -0.39 is 12.0 Å². The number of nitrogens with zero attached hydrogens (tertiary/aromatic N) is 1. The van der Waals surface area contributed by atoms with E-state index in [1.807, 2.05) is 12.1 Å². The molecule has 1 aromatic heterocycles. The maximum absolute atomic E-state index is 13.0. The van der Waals surface area contributed by atoms with Gasteiger partial charge >= 0.3 is 12.0 Å². The van der Waals surface area contributed by atoms with E-state index in [1.165, 1.54) is 23.0 Å². The number of fused-ring (bicyclic) bond motifs is 1. The zero-order chi connectivity index (χ0) is 23.5. The average molecular weight is 458 g/mol. The molecule has 0 radical (unpaired) electrons. The van der Waals surface area contributed by atoms with Crippen molar-refractivity contribution in [1.29, 1.82) is 0 Å². The van der Waals surface area contributed by atoms with Gasteiger partial charge in [0.05, 0.1) is 18.4 Å². The van der Waals surface area contributed by atoms with E-state index in [1.54, 1.807) is 19.1 Å². The third-order valence-corrected chi connectivity index (χ3v) is 6.33. The lowest BCUT2D eigenvalue weighted by atomic mass is 9.84. The van der Waals surface area contributed by atoms with Gasteiger partial charge in [0.1, 0.15) is 11.8 Å². The van der Waals surface area contributed by atoms with Crippen LogP contribution >= 0.6 is 0 Å². The molecule has 0 aliphatic carbocycles. The van der Waals surface area contributed by atoms with Crippen molar-refractivity contribution in [2.45, 2.75) is 25.4 Å². The van der Waals surface area contributed by atoms with Crippen molar-refractivity contribution in [3.05, 3.63) is 107 Å². The Morgan fingerprint density at radius 3 is 2.65 bits per heavy atom. The number of furan rings is 1. The Morgan fingerprint density at radius 1 is 1.09 bits per heavy atom. The summed E-state index contributed by atoms with van der Waals surface area (Å²) in [5.41, 5.74) is 4.69. The quantitative estimate of drug-likeness (QED) is 0.545. The lowest BCUT2D eigenvalue weighted by molar-refractivity contribution is -0.139. The number of rotatable bonds is 6. The number of benzene rings is 2. The van der Waals surface area contributed by atoms with Crippen molar-refractivity contribution in [2.75, 3.05) is 19.7 Å². The molecule has 2 amide bonds. The van der Waals surface area contributed by atoms with E-state index in [2.05, 4.69) is 58.0 Å². The number of hydrogen-bond donors (Lipinski definition) is 2. The van der Waals surface area contributed by atoms with E-state index in [4.69, 9.17) is 9.15 Å². The zero-order valence-electron chi connectivity index (χ0n) is 19.0. The van der Waals surface area contributed by atoms with E-state index in [0.717, 1.165) is 6.54 Å². The Balaban J connectivity index is 1.51. The van der Waals surface area contributed by atoms with Crippen LogP contribution in [0.15, 0.2) is 88.7 Å². The first-order chi connectivity index (χ1) is 16.6. The van der Waals surface area contributed by atoms with Crippen LogP contribution in [-0.2, 0) is 16.1 Å². The Morgan fingerprint density at radius 2 is 1.88 bits per heavy atom. The van der Waals surface area contributed by atoms with Crippen LogP contribution in [0.4, 0.5) is 4.79 Å². The number of urea groups is 1. The van der Waals surface area contributed by atoms with Crippen LogP contribution in [0.1, 0.15) is 41.3 Å². The molecule has 0 spiro atoms. The van der Waals surface area contributed by atoms with Crippen molar-refractivity contribution in [2.24, 2.45) is 0 Å². The van der Waals surface area contributed by atoms with Gasteiger partial charge in [0.25, 0.3) is 0 Å². The summed E-state index contributed by atoms with van der Waals surface area (Å²) in [5, 5.41) is 5.67. The minimum Gasteiger partial charge on any atom is -0.467 e. The Bertz CT molecular complexity index is 1200. The van der Waals surface area contributed by atoms with Crippen LogP contribution in [0.5, 0.6) is 0 Å². The molecule has 7 heteroatoms. The summed E-state index contributed by atoms with van der Waals surface area (Å²) < 4.78 is 10.9. The molecule has 2 unspecified atom stereocenters. The van der Waals surface area contributed by atoms with E-state index in [9.17, 15) is 9.59 Å². The predicted octanol–water partition coefficient (Wildman–Crippen LogP) is 4.10. The molecule has 2 N–H and O–H groups in total. The summed E-state index contributed by atoms with van der Waals surface area (Å²) >= 11 is 0. The van der Waals surface area contributed by atoms with Crippen LogP contribution in [0.2, 0.25) is 0 Å². The van der Waals surface area contributed by atoms with Gasteiger partial charge in [0.15, 0.2) is 0 Å². The molecule has 2 aliphatic rings. The number of hydrogen-bond acceptors (Lipinski definition) is 5. The number of amides is 2. The molecule has 5 rings (SSSR count). The summed E-state index contributed by atoms with van der Waals surface area (Å²) in [6, 6.07) is 21.3. The minimum absolute atomic E-state index is 0.191. The maximum atomic E-state index is 13.0. The molecule has 0 bridgehead atoms. The highest BCUT2D eigenvalue weighted by Gasteiger charge is 2.37. The van der Waals surface area contributed by atoms with Gasteiger partial charge in [-0.15, -0.1) is 0 Å². The molecular weight excluding hydrogens is 430 g/mol. The molecular formula is C27H27N3O4. The first-order valence-electron chi connectivity index (χ1n) is 11.5. The second-order valence-electron chi connectivity index (χ2n) is 8.49. The standard InChI is InChI=1S/C27H27N3O4/c1-2-33-26(31)24-22(28-27(32)29-25(24)23-13-8-14-34-23)17-30-15-19-11-6-7-12-20(19)21(16-30)18-9-4-3-5-10-18/h3-14,21,25H,2,15-17H2,1H3,(H2,28,29,32). The summed E-state index contributed by atoms with van der Waals surface area (Å²) in [4.78, 5) is 27.8. The largest absolute Gasteiger partial charge is 0.467 e. The fourth-order valence-corrected chi connectivity index (χ4v) is 4.86. The molecule has 0 saturated carbocycles. The second-order valence-corrected chi connectivity index (χ2v) is 8.49. The van der Waals surface area contributed by atoms with Crippen molar-refractivity contribution in [3.8, 4) is 0 Å². The molecule has 3 heterocycles. The lowest BCUT2D eigenvalue weighted by Gasteiger charge is -2.37. The number of ether oxygens (including phenoxy) is 1. The van der Waals surface area contributed by atoms with Gasteiger partial charge in [-0.1, -0.05) is 54.6 Å². The van der Waals surface area contributed by atoms with Crippen LogP contribution < -0.4 is 10.6 Å². The predicted molar refractivity (Wildman–Crippen MR) is 127 cm³/mol. The van der Waals surface area contributed by atoms with Gasteiger partial charge in [-0.05, 0) is 35.7 Å². The summed E-state index contributed by atoms with van der Waals surface area (Å²) in [7, 11) is 0. The smallest absolute Gasteiger partial charge is 0.338 e. The SMILES string of the molecule is CCOC(=O)C1=C(CN2Cc3ccccc3C(c3ccccc3)C2)NC(=O)NC1c1ccco1. The summed E-state index contributed by atoms with van der Waals surface area (Å²) in [5.74, 6) is 0.209. The molecule has 34 heavy (non-hydrogen) atoms. The van der Waals surface area contributed by atoms with Crippen molar-refractivity contribution in [1.82, 2.24) is 15.5 Å². The monoisotopic (exact) mass is 457 g/mol. The van der Waals surface area contributed by atoms with Crippen LogP contribution in [0.3, 0.4) is 0 Å². The first-order valence-corrected chi connectivity index (χ1v) is 11.5. The fraction of sp³-hybridized carbons (Fsp3) is 0.259. The van der Waals surface area contributed by atoms with E-state index in [0.29, 0.717) is 30.1 Å². The van der Waals surface area contributed by atoms with Gasteiger partial charge in [0.2, 0.25) is 0 Å². The Labute approximate surface area is 198 Å². The fourth-order valence-electron chi connectivity index (χ4n) is 4.86. The van der Waals surface area contributed by atoms with Gasteiger partial charge in [0, 0.05) is 31.2 Å². The van der Waals surface area contributed by atoms with Crippen molar-refractivity contribution in [3.63, 3.8) is 0 Å². The Hall–Kier alpha value is -3.84. The topological polar surface area (TPSA) is 83.8 Å². The highest BCUT2D eigenvalue weighted by molar-refractivity contribution is 5.95. The normalized spacial score (nSPS) is 20.3. The summed E-state index contributed by atoms with van der Waals surface area (Å²) in [6.45, 7) is 3.88. The third kappa shape index (κ3) is 4.34. The first kappa shape index (κ1) is 22.0. The van der Waals surface area contributed by atoms with Gasteiger partial charge in [-0.25, -0.2) is 9.59 Å². The van der Waals surface area contributed by atoms with Crippen LogP contribution in [0.25, 0.3) is 0 Å². The van der Waals surface area contributed by atoms with E-state index in [-0.39, 0.29) is 18.6 Å². The average Bonchev–Trinajstić information content (AvgIpc) is 3.39. The van der Waals surface area contributed by atoms with Crippen LogP contribution in [-0.4, -0.2) is 36.6 Å². The minimum atomic E-state index is -0.709. The number of carbonyl (C=O) groups excluding carboxylic acids is 2. The third-order valence-electron chi connectivity index (χ3n) is 6.33. The van der Waals surface area contributed by atoms with Gasteiger partial charge in [-0.2, -0.15) is 0 Å². The lowest BCUT2D eigenvalue weighted by Crippen LogP contribution is -2.49. The number of esters is 1. The molecule has 0 saturated heterocycles. The van der Waals surface area contributed by atoms with Crippen molar-refractivity contribution >= 4 is 12.0 Å². The highest BCUT2D eigenvalue weighted by Crippen LogP contribution is 2.35. The van der Waals surface area contributed by atoms with Crippen molar-refractivity contribution < 1.29 is 18.7 Å². The molecule has 2 aromatic carbocycles. The number of nitrogens with one attached hydrogen (secondary N) is 2.